The molecule has 0 bridgehead atoms. The van der Waals surface area contributed by atoms with Gasteiger partial charge < -0.3 is 29.1 Å². The first-order valence-electron chi connectivity index (χ1n) is 14.7. The van der Waals surface area contributed by atoms with Crippen LogP contribution in [0.3, 0.4) is 0 Å². The zero-order valence-corrected chi connectivity index (χ0v) is 25.3. The van der Waals surface area contributed by atoms with Crippen LogP contribution in [0, 0.1) is 11.6 Å². The van der Waals surface area contributed by atoms with Crippen LogP contribution in [-0.2, 0) is 15.6 Å². The minimum Gasteiger partial charge on any atom is -0.493 e. The highest BCUT2D eigenvalue weighted by Crippen LogP contribution is 2.42. The molecule has 1 N–H and O–H groups in total. The molecule has 2 aliphatic heterocycles. The molecule has 3 aromatic rings. The van der Waals surface area contributed by atoms with Gasteiger partial charge in [0.05, 0.1) is 26.7 Å². The van der Waals surface area contributed by atoms with Gasteiger partial charge in [-0.15, -0.1) is 0 Å². The Kier molecular flexibility index (Phi) is 9.10. The summed E-state index contributed by atoms with van der Waals surface area (Å²) in [7, 11) is 4.46. The summed E-state index contributed by atoms with van der Waals surface area (Å²) in [4.78, 5) is 30.2. The first kappa shape index (κ1) is 31.3. The Bertz CT molecular complexity index is 1480. The van der Waals surface area contributed by atoms with Gasteiger partial charge in [0.25, 0.3) is 5.91 Å². The van der Waals surface area contributed by atoms with Crippen LogP contribution in [0.2, 0.25) is 0 Å². The number of likely N-dealkylation sites (tertiary alicyclic amines) is 2. The Morgan fingerprint density at radius 2 is 1.48 bits per heavy atom. The number of carboxylic acid groups (broad SMARTS) is 1. The molecule has 10 heteroatoms. The molecule has 0 saturated carbocycles. The number of piperidine rings is 1. The highest BCUT2D eigenvalue weighted by molar-refractivity contribution is 5.96. The van der Waals surface area contributed by atoms with E-state index in [-0.39, 0.29) is 5.91 Å². The predicted octanol–water partition coefficient (Wildman–Crippen LogP) is 5.28. The fraction of sp³-hybridized carbons (Fsp3) is 0.412. The highest BCUT2D eigenvalue weighted by Gasteiger charge is 2.45. The molecule has 8 nitrogen and oxygen atoms in total. The van der Waals surface area contributed by atoms with Crippen LogP contribution < -0.4 is 14.2 Å². The molecule has 3 aromatic carbocycles. The van der Waals surface area contributed by atoms with Crippen LogP contribution in [0.25, 0.3) is 0 Å². The quantitative estimate of drug-likeness (QED) is 0.335. The third-order valence-electron chi connectivity index (χ3n) is 9.44. The van der Waals surface area contributed by atoms with Gasteiger partial charge >= 0.3 is 5.97 Å². The lowest BCUT2D eigenvalue weighted by atomic mass is 9.72. The third kappa shape index (κ3) is 5.83. The maximum atomic E-state index is 14.5. The Balaban J connectivity index is 1.36. The molecule has 0 spiro atoms. The van der Waals surface area contributed by atoms with Gasteiger partial charge in [-0.2, -0.15) is 0 Å². The number of hydrogen-bond donors (Lipinski definition) is 1. The molecule has 2 aliphatic rings. The number of nitrogens with zero attached hydrogens (tertiary/aromatic N) is 2. The van der Waals surface area contributed by atoms with Crippen LogP contribution in [0.4, 0.5) is 8.78 Å². The van der Waals surface area contributed by atoms with Gasteiger partial charge in [0.2, 0.25) is 5.75 Å². The van der Waals surface area contributed by atoms with E-state index in [1.165, 1.54) is 27.4 Å². The molecule has 0 aliphatic carbocycles. The maximum Gasteiger partial charge on any atom is 0.314 e. The van der Waals surface area contributed by atoms with Gasteiger partial charge in [-0.3, -0.25) is 9.59 Å². The second kappa shape index (κ2) is 12.8. The Labute approximate surface area is 256 Å². The Hall–Kier alpha value is -4.18. The number of methoxy groups -OCH3 is 3. The van der Waals surface area contributed by atoms with Crippen molar-refractivity contribution in [3.63, 3.8) is 0 Å². The van der Waals surface area contributed by atoms with Gasteiger partial charge in [0.1, 0.15) is 0 Å². The number of amides is 1. The summed E-state index contributed by atoms with van der Waals surface area (Å²) in [5.41, 5.74) is 0.250. The maximum absolute atomic E-state index is 14.5. The van der Waals surface area contributed by atoms with Gasteiger partial charge in [0, 0.05) is 24.1 Å². The smallest absolute Gasteiger partial charge is 0.314 e. The summed E-state index contributed by atoms with van der Waals surface area (Å²) in [6.45, 7) is 2.52. The molecule has 234 valence electrons. The first-order chi connectivity index (χ1) is 21.2. The van der Waals surface area contributed by atoms with Crippen molar-refractivity contribution in [1.29, 1.82) is 0 Å². The summed E-state index contributed by atoms with van der Waals surface area (Å²) >= 11 is 0. The molecule has 0 radical (unpaired) electrons. The van der Waals surface area contributed by atoms with E-state index in [2.05, 4.69) is 4.90 Å². The lowest BCUT2D eigenvalue weighted by molar-refractivity contribution is -0.146. The lowest BCUT2D eigenvalue weighted by Gasteiger charge is -2.40. The highest BCUT2D eigenvalue weighted by atomic mass is 19.2. The molecule has 1 amide bonds. The number of ether oxygens (including phenoxy) is 3. The molecule has 44 heavy (non-hydrogen) atoms. The van der Waals surface area contributed by atoms with E-state index in [1.807, 2.05) is 30.3 Å². The molecular weight excluding hydrogens is 570 g/mol. The fourth-order valence-electron chi connectivity index (χ4n) is 6.76. The minimum atomic E-state index is -0.938. The number of aliphatic carboxylic acids is 1. The van der Waals surface area contributed by atoms with Gasteiger partial charge in [-0.25, -0.2) is 8.78 Å². The van der Waals surface area contributed by atoms with E-state index in [1.54, 1.807) is 23.1 Å². The molecule has 2 saturated heterocycles. The van der Waals surface area contributed by atoms with E-state index in [9.17, 15) is 23.5 Å². The summed E-state index contributed by atoms with van der Waals surface area (Å²) in [5.74, 6) is -1.81. The SMILES string of the molecule is COc1cc(C(=O)N2CCC(CCN3CCC(C(=O)O)(c4ccccc4)CC3)(c3ccc(F)c(F)c3)C2)cc(OC)c1OC. The predicted molar refractivity (Wildman–Crippen MR) is 161 cm³/mol. The van der Waals surface area contributed by atoms with Crippen molar-refractivity contribution in [2.75, 3.05) is 54.1 Å². The van der Waals surface area contributed by atoms with Crippen molar-refractivity contribution in [2.45, 2.75) is 36.5 Å². The first-order valence-corrected chi connectivity index (χ1v) is 14.7. The van der Waals surface area contributed by atoms with Crippen molar-refractivity contribution in [1.82, 2.24) is 9.80 Å². The number of carboxylic acids is 1. The number of carbonyl (C=O) groups is 2. The van der Waals surface area contributed by atoms with E-state index < -0.39 is 28.4 Å². The van der Waals surface area contributed by atoms with Crippen LogP contribution in [0.1, 0.15) is 47.2 Å². The van der Waals surface area contributed by atoms with Crippen molar-refractivity contribution in [3.8, 4) is 17.2 Å². The van der Waals surface area contributed by atoms with Crippen molar-refractivity contribution in [3.05, 3.63) is 89.0 Å². The van der Waals surface area contributed by atoms with Crippen molar-refractivity contribution >= 4 is 11.9 Å². The summed E-state index contributed by atoms with van der Waals surface area (Å²) in [6, 6.07) is 16.6. The molecule has 0 aromatic heterocycles. The van der Waals surface area contributed by atoms with Crippen LogP contribution in [0.5, 0.6) is 17.2 Å². The number of rotatable bonds is 10. The monoisotopic (exact) mass is 608 g/mol. The van der Waals surface area contributed by atoms with Gasteiger partial charge in [-0.1, -0.05) is 36.4 Å². The van der Waals surface area contributed by atoms with Gasteiger partial charge in [-0.05, 0) is 80.7 Å². The van der Waals surface area contributed by atoms with Crippen molar-refractivity contribution in [2.24, 2.45) is 0 Å². The molecule has 2 fully saturated rings. The average Bonchev–Trinajstić information content (AvgIpc) is 3.50. The number of halogens is 2. The largest absolute Gasteiger partial charge is 0.493 e. The zero-order valence-electron chi connectivity index (χ0n) is 25.3. The Morgan fingerprint density at radius 1 is 0.818 bits per heavy atom. The van der Waals surface area contributed by atoms with E-state index in [0.717, 1.165) is 11.6 Å². The van der Waals surface area contributed by atoms with E-state index in [0.29, 0.717) is 86.8 Å². The second-order valence-corrected chi connectivity index (χ2v) is 11.6. The van der Waals surface area contributed by atoms with Crippen LogP contribution >= 0.6 is 0 Å². The second-order valence-electron chi connectivity index (χ2n) is 11.6. The third-order valence-corrected chi connectivity index (χ3v) is 9.44. The number of carbonyl (C=O) groups excluding carboxylic acids is 1. The molecular formula is C34H38F2N2O6. The lowest BCUT2D eigenvalue weighted by Crippen LogP contribution is -2.48. The number of benzene rings is 3. The fourth-order valence-corrected chi connectivity index (χ4v) is 6.76. The summed E-state index contributed by atoms with van der Waals surface area (Å²) < 4.78 is 44.7. The summed E-state index contributed by atoms with van der Waals surface area (Å²) in [6.07, 6.45) is 2.08. The molecule has 1 atom stereocenters. The molecule has 1 unspecified atom stereocenters. The van der Waals surface area contributed by atoms with E-state index in [4.69, 9.17) is 14.2 Å². The van der Waals surface area contributed by atoms with Crippen LogP contribution in [-0.4, -0.2) is 80.8 Å². The topological polar surface area (TPSA) is 88.5 Å². The van der Waals surface area contributed by atoms with E-state index >= 15 is 0 Å². The molecule has 2 heterocycles. The summed E-state index contributed by atoms with van der Waals surface area (Å²) in [5, 5.41) is 10.2. The van der Waals surface area contributed by atoms with Crippen molar-refractivity contribution < 1.29 is 37.7 Å². The normalized spacial score (nSPS) is 19.9. The average molecular weight is 609 g/mol. The molecule has 5 rings (SSSR count). The number of hydrogen-bond acceptors (Lipinski definition) is 6. The van der Waals surface area contributed by atoms with Gasteiger partial charge in [0.15, 0.2) is 23.1 Å². The minimum absolute atomic E-state index is 0.235. The van der Waals surface area contributed by atoms with Crippen LogP contribution in [0.15, 0.2) is 60.7 Å². The standard InChI is InChI=1S/C34H38F2N2O6/c1-42-28-19-23(20-29(43-2)30(28)44-3)31(39)38-18-12-33(22-38,25-9-10-26(35)27(36)21-25)11-15-37-16-13-34(14-17-37,32(40)41)24-7-5-4-6-8-24/h4-10,19-21H,11-18,22H2,1-3H3,(H,40,41). The zero-order chi connectivity index (χ0) is 31.5. The Morgan fingerprint density at radius 3 is 2.05 bits per heavy atom.